The molecule has 4 nitrogen and oxygen atoms in total. The number of carboxylic acid groups (broad SMARTS) is 1. The highest BCUT2D eigenvalue weighted by molar-refractivity contribution is 5.64. The fourth-order valence-electron chi connectivity index (χ4n) is 2.37. The number of carbonyl (C=O) groups is 1. The Morgan fingerprint density at radius 1 is 1.47 bits per heavy atom. The van der Waals surface area contributed by atoms with E-state index in [1.807, 2.05) is 18.2 Å². The summed E-state index contributed by atoms with van der Waals surface area (Å²) >= 11 is 0. The summed E-state index contributed by atoms with van der Waals surface area (Å²) in [4.78, 5) is 12.9. The molecule has 2 N–H and O–H groups in total. The smallest absolute Gasteiger partial charge is 0.404 e. The van der Waals surface area contributed by atoms with Crippen molar-refractivity contribution in [1.82, 2.24) is 10.2 Å². The van der Waals surface area contributed by atoms with Crippen LogP contribution in [-0.4, -0.2) is 35.2 Å². The Kier molecular flexibility index (Phi) is 3.64. The van der Waals surface area contributed by atoms with Crippen molar-refractivity contribution in [2.24, 2.45) is 0 Å². The van der Waals surface area contributed by atoms with Crippen LogP contribution in [0.4, 0.5) is 4.79 Å². The number of hydrogen-bond acceptors (Lipinski definition) is 2. The zero-order valence-corrected chi connectivity index (χ0v) is 9.97. The number of amides is 1. The monoisotopic (exact) mass is 234 g/mol. The van der Waals surface area contributed by atoms with E-state index in [0.29, 0.717) is 6.04 Å². The van der Waals surface area contributed by atoms with Gasteiger partial charge in [0.15, 0.2) is 0 Å². The molecule has 2 rings (SSSR count). The number of hydrogen-bond donors (Lipinski definition) is 2. The van der Waals surface area contributed by atoms with Gasteiger partial charge in [0.05, 0.1) is 0 Å². The van der Waals surface area contributed by atoms with Gasteiger partial charge in [0.1, 0.15) is 0 Å². The number of nitrogens with zero attached hydrogens (tertiary/aromatic N) is 1. The van der Waals surface area contributed by atoms with E-state index >= 15 is 0 Å². The molecular formula is C13H18N2O2. The highest BCUT2D eigenvalue weighted by atomic mass is 16.4. The quantitative estimate of drug-likeness (QED) is 0.842. The van der Waals surface area contributed by atoms with E-state index < -0.39 is 6.09 Å². The second kappa shape index (κ2) is 5.19. The summed E-state index contributed by atoms with van der Waals surface area (Å²) in [7, 11) is 0. The fourth-order valence-corrected chi connectivity index (χ4v) is 2.37. The van der Waals surface area contributed by atoms with Crippen LogP contribution in [0.2, 0.25) is 0 Å². The molecule has 1 aromatic rings. The van der Waals surface area contributed by atoms with Gasteiger partial charge in [0, 0.05) is 25.2 Å². The van der Waals surface area contributed by atoms with Crippen molar-refractivity contribution in [2.75, 3.05) is 13.1 Å². The SMILES string of the molecule is CC(c1ccccc1)N1CC[C@H](NC(=O)O)C1. The highest BCUT2D eigenvalue weighted by Crippen LogP contribution is 2.24. The van der Waals surface area contributed by atoms with Crippen molar-refractivity contribution >= 4 is 6.09 Å². The van der Waals surface area contributed by atoms with Crippen LogP contribution in [0.3, 0.4) is 0 Å². The molecule has 0 spiro atoms. The average molecular weight is 234 g/mol. The molecule has 1 amide bonds. The van der Waals surface area contributed by atoms with Crippen molar-refractivity contribution in [3.05, 3.63) is 35.9 Å². The van der Waals surface area contributed by atoms with Gasteiger partial charge in [-0.3, -0.25) is 4.90 Å². The van der Waals surface area contributed by atoms with Crippen LogP contribution in [0.5, 0.6) is 0 Å². The van der Waals surface area contributed by atoms with Gasteiger partial charge in [-0.2, -0.15) is 0 Å². The first kappa shape index (κ1) is 11.9. The number of likely N-dealkylation sites (tertiary alicyclic amines) is 1. The molecule has 0 bridgehead atoms. The third kappa shape index (κ3) is 2.97. The molecule has 2 atom stereocenters. The third-order valence-electron chi connectivity index (χ3n) is 3.38. The lowest BCUT2D eigenvalue weighted by atomic mass is 10.1. The molecule has 0 saturated carbocycles. The molecule has 4 heteroatoms. The lowest BCUT2D eigenvalue weighted by Gasteiger charge is -2.24. The zero-order chi connectivity index (χ0) is 12.3. The second-order valence-corrected chi connectivity index (χ2v) is 4.52. The van der Waals surface area contributed by atoms with Gasteiger partial charge in [0.2, 0.25) is 0 Å². The summed E-state index contributed by atoms with van der Waals surface area (Å²) in [6, 6.07) is 10.7. The lowest BCUT2D eigenvalue weighted by Crippen LogP contribution is -2.36. The largest absolute Gasteiger partial charge is 0.465 e. The van der Waals surface area contributed by atoms with Crippen LogP contribution in [0.25, 0.3) is 0 Å². The first-order valence-electron chi connectivity index (χ1n) is 5.95. The maximum absolute atomic E-state index is 10.6. The van der Waals surface area contributed by atoms with Crippen LogP contribution in [0, 0.1) is 0 Å². The second-order valence-electron chi connectivity index (χ2n) is 4.52. The molecule has 1 fully saturated rings. The predicted octanol–water partition coefficient (Wildman–Crippen LogP) is 2.09. The van der Waals surface area contributed by atoms with E-state index in [2.05, 4.69) is 29.3 Å². The van der Waals surface area contributed by atoms with Crippen LogP contribution in [0.15, 0.2) is 30.3 Å². The molecule has 0 radical (unpaired) electrons. The van der Waals surface area contributed by atoms with Crippen LogP contribution < -0.4 is 5.32 Å². The number of nitrogens with one attached hydrogen (secondary N) is 1. The van der Waals surface area contributed by atoms with E-state index in [-0.39, 0.29) is 6.04 Å². The first-order valence-corrected chi connectivity index (χ1v) is 5.95. The van der Waals surface area contributed by atoms with E-state index in [4.69, 9.17) is 5.11 Å². The van der Waals surface area contributed by atoms with Gasteiger partial charge in [0.25, 0.3) is 0 Å². The summed E-state index contributed by atoms with van der Waals surface area (Å²) in [5, 5.41) is 11.2. The minimum Gasteiger partial charge on any atom is -0.465 e. The predicted molar refractivity (Wildman–Crippen MR) is 66.0 cm³/mol. The van der Waals surface area contributed by atoms with Crippen molar-refractivity contribution in [3.8, 4) is 0 Å². The van der Waals surface area contributed by atoms with Gasteiger partial charge >= 0.3 is 6.09 Å². The minimum atomic E-state index is -0.927. The van der Waals surface area contributed by atoms with Gasteiger partial charge < -0.3 is 10.4 Å². The van der Waals surface area contributed by atoms with Crippen molar-refractivity contribution in [3.63, 3.8) is 0 Å². The maximum Gasteiger partial charge on any atom is 0.404 e. The molecule has 1 saturated heterocycles. The van der Waals surface area contributed by atoms with Gasteiger partial charge in [-0.1, -0.05) is 30.3 Å². The summed E-state index contributed by atoms with van der Waals surface area (Å²) < 4.78 is 0. The Morgan fingerprint density at radius 2 is 2.18 bits per heavy atom. The molecule has 92 valence electrons. The van der Waals surface area contributed by atoms with E-state index in [0.717, 1.165) is 19.5 Å². The lowest BCUT2D eigenvalue weighted by molar-refractivity contribution is 0.188. The Morgan fingerprint density at radius 3 is 2.82 bits per heavy atom. The molecule has 17 heavy (non-hydrogen) atoms. The molecule has 0 aromatic heterocycles. The fraction of sp³-hybridized carbons (Fsp3) is 0.462. The van der Waals surface area contributed by atoms with Crippen LogP contribution in [-0.2, 0) is 0 Å². The van der Waals surface area contributed by atoms with Gasteiger partial charge in [-0.25, -0.2) is 4.79 Å². The van der Waals surface area contributed by atoms with E-state index in [9.17, 15) is 4.79 Å². The molecule has 1 aliphatic heterocycles. The standard InChI is InChI=1S/C13H18N2O2/c1-10(11-5-3-2-4-6-11)15-8-7-12(9-15)14-13(16)17/h2-6,10,12,14H,7-9H2,1H3,(H,16,17)/t10?,12-/m0/s1. The minimum absolute atomic E-state index is 0.0682. The first-order chi connectivity index (χ1) is 8.16. The molecule has 1 aromatic carbocycles. The molecule has 1 aliphatic rings. The Bertz CT molecular complexity index is 380. The van der Waals surface area contributed by atoms with E-state index in [1.54, 1.807) is 0 Å². The van der Waals surface area contributed by atoms with Crippen molar-refractivity contribution < 1.29 is 9.90 Å². The summed E-state index contributed by atoms with van der Waals surface area (Å²) in [5.74, 6) is 0. The summed E-state index contributed by atoms with van der Waals surface area (Å²) in [6.45, 7) is 3.90. The average Bonchev–Trinajstić information content (AvgIpc) is 2.77. The number of rotatable bonds is 3. The summed E-state index contributed by atoms with van der Waals surface area (Å²) in [6.07, 6.45) is -0.0343. The topological polar surface area (TPSA) is 52.6 Å². The maximum atomic E-state index is 10.6. The van der Waals surface area contributed by atoms with E-state index in [1.165, 1.54) is 5.56 Å². The molecule has 1 unspecified atom stereocenters. The van der Waals surface area contributed by atoms with Crippen LogP contribution >= 0.6 is 0 Å². The molecule has 1 heterocycles. The zero-order valence-electron chi connectivity index (χ0n) is 9.97. The van der Waals surface area contributed by atoms with Gasteiger partial charge in [-0.05, 0) is 18.9 Å². The Balaban J connectivity index is 1.94. The van der Waals surface area contributed by atoms with Crippen LogP contribution in [0.1, 0.15) is 24.9 Å². The number of benzene rings is 1. The highest BCUT2D eigenvalue weighted by Gasteiger charge is 2.27. The molecular weight excluding hydrogens is 216 g/mol. The Hall–Kier alpha value is -1.55. The Labute approximate surface area is 101 Å². The normalized spacial score (nSPS) is 22.3. The molecule has 0 aliphatic carbocycles. The summed E-state index contributed by atoms with van der Waals surface area (Å²) in [5.41, 5.74) is 1.28. The van der Waals surface area contributed by atoms with Crippen molar-refractivity contribution in [2.45, 2.75) is 25.4 Å². The van der Waals surface area contributed by atoms with Gasteiger partial charge in [-0.15, -0.1) is 0 Å². The van der Waals surface area contributed by atoms with Crippen molar-refractivity contribution in [1.29, 1.82) is 0 Å². The third-order valence-corrected chi connectivity index (χ3v) is 3.38.